The lowest BCUT2D eigenvalue weighted by Crippen LogP contribution is -2.29. The molecule has 2 atom stereocenters. The van der Waals surface area contributed by atoms with Gasteiger partial charge in [-0.25, -0.2) is 4.79 Å². The van der Waals surface area contributed by atoms with E-state index >= 15 is 0 Å². The Kier molecular flexibility index (Phi) is 2.74. The number of rotatable bonds is 2. The average molecular weight is 258 g/mol. The molecule has 0 N–H and O–H groups in total. The molecule has 3 rings (SSSR count). The molecule has 0 amide bonds. The van der Waals surface area contributed by atoms with Gasteiger partial charge in [0.15, 0.2) is 6.23 Å². The van der Waals surface area contributed by atoms with Crippen LogP contribution in [0.2, 0.25) is 0 Å². The molecule has 1 aromatic rings. The Hall–Kier alpha value is -2.30. The fraction of sp³-hybridized carbons (Fsp3) is 0.286. The molecular formula is C14H14N2O3. The van der Waals surface area contributed by atoms with Crippen molar-refractivity contribution in [3.05, 3.63) is 47.7 Å². The van der Waals surface area contributed by atoms with Gasteiger partial charge in [-0.05, 0) is 11.6 Å². The van der Waals surface area contributed by atoms with Crippen molar-refractivity contribution in [3.63, 3.8) is 0 Å². The highest BCUT2D eigenvalue weighted by Gasteiger charge is 2.43. The highest BCUT2D eigenvalue weighted by atomic mass is 16.6. The molecule has 2 aliphatic heterocycles. The number of carbonyl (C=O) groups excluding carboxylic acids is 1. The summed E-state index contributed by atoms with van der Waals surface area (Å²) in [6, 6.07) is 9.89. The van der Waals surface area contributed by atoms with Gasteiger partial charge in [-0.3, -0.25) is 5.01 Å². The molecule has 0 fully saturated rings. The van der Waals surface area contributed by atoms with Crippen LogP contribution in [-0.2, 0) is 14.3 Å². The van der Waals surface area contributed by atoms with Crippen molar-refractivity contribution < 1.29 is 14.3 Å². The fourth-order valence-corrected chi connectivity index (χ4v) is 2.38. The van der Waals surface area contributed by atoms with Gasteiger partial charge in [-0.1, -0.05) is 30.3 Å². The fourth-order valence-electron chi connectivity index (χ4n) is 2.38. The summed E-state index contributed by atoms with van der Waals surface area (Å²) in [5.74, 6) is -0.232. The van der Waals surface area contributed by atoms with Gasteiger partial charge in [0.25, 0.3) is 0 Å². The molecule has 2 heterocycles. The average Bonchev–Trinajstić information content (AvgIpc) is 3.00. The summed E-state index contributed by atoms with van der Waals surface area (Å²) in [4.78, 5) is 11.5. The van der Waals surface area contributed by atoms with E-state index < -0.39 is 5.97 Å². The molecule has 1 aromatic carbocycles. The van der Waals surface area contributed by atoms with Crippen LogP contribution in [0.15, 0.2) is 47.3 Å². The lowest BCUT2D eigenvalue weighted by Gasteiger charge is -2.18. The molecule has 2 unspecified atom stereocenters. The number of carbonyl (C=O) groups is 1. The first-order valence-corrected chi connectivity index (χ1v) is 6.04. The Bertz CT molecular complexity index is 565. The number of hydrogen-bond acceptors (Lipinski definition) is 5. The maximum atomic E-state index is 11.5. The summed E-state index contributed by atoms with van der Waals surface area (Å²) in [5.41, 5.74) is 1.94. The molecule has 0 saturated carbocycles. The number of ether oxygens (including phenoxy) is 2. The summed E-state index contributed by atoms with van der Waals surface area (Å²) in [6.45, 7) is 0. The largest absolute Gasteiger partial charge is 0.463 e. The van der Waals surface area contributed by atoms with Crippen LogP contribution in [0.1, 0.15) is 5.56 Å². The monoisotopic (exact) mass is 258 g/mol. The van der Waals surface area contributed by atoms with Crippen LogP contribution in [0, 0.1) is 5.92 Å². The Morgan fingerprint density at radius 2 is 2.11 bits per heavy atom. The van der Waals surface area contributed by atoms with E-state index in [0.29, 0.717) is 0 Å². The zero-order chi connectivity index (χ0) is 13.4. The maximum Gasteiger partial charge on any atom is 0.373 e. The lowest BCUT2D eigenvalue weighted by molar-refractivity contribution is -0.142. The Morgan fingerprint density at radius 1 is 1.37 bits per heavy atom. The topological polar surface area (TPSA) is 51.1 Å². The molecular weight excluding hydrogens is 244 g/mol. The molecule has 0 aromatic heterocycles. The van der Waals surface area contributed by atoms with Crippen molar-refractivity contribution in [2.24, 2.45) is 11.0 Å². The Balaban J connectivity index is 1.94. The molecule has 19 heavy (non-hydrogen) atoms. The van der Waals surface area contributed by atoms with Crippen molar-refractivity contribution in [2.75, 3.05) is 14.2 Å². The van der Waals surface area contributed by atoms with Gasteiger partial charge in [0.1, 0.15) is 0 Å². The van der Waals surface area contributed by atoms with Crippen LogP contribution in [0.25, 0.3) is 0 Å². The first-order chi connectivity index (χ1) is 9.20. The molecule has 0 saturated heterocycles. The maximum absolute atomic E-state index is 11.5. The predicted molar refractivity (Wildman–Crippen MR) is 69.2 cm³/mol. The summed E-state index contributed by atoms with van der Waals surface area (Å²) in [7, 11) is 3.18. The van der Waals surface area contributed by atoms with E-state index in [9.17, 15) is 4.79 Å². The number of esters is 1. The van der Waals surface area contributed by atoms with Gasteiger partial charge in [0.05, 0.1) is 18.7 Å². The molecule has 5 nitrogen and oxygen atoms in total. The van der Waals surface area contributed by atoms with Gasteiger partial charge in [0, 0.05) is 7.05 Å². The number of hydrazone groups is 1. The number of nitrogens with zero attached hydrogens (tertiary/aromatic N) is 2. The van der Waals surface area contributed by atoms with E-state index in [2.05, 4.69) is 9.84 Å². The molecule has 0 spiro atoms. The van der Waals surface area contributed by atoms with Gasteiger partial charge in [0.2, 0.25) is 5.76 Å². The van der Waals surface area contributed by atoms with Crippen LogP contribution in [-0.4, -0.2) is 37.1 Å². The summed E-state index contributed by atoms with van der Waals surface area (Å²) in [6.07, 6.45) is 1.52. The van der Waals surface area contributed by atoms with Crippen molar-refractivity contribution in [3.8, 4) is 0 Å². The quantitative estimate of drug-likeness (QED) is 0.752. The number of benzene rings is 1. The van der Waals surface area contributed by atoms with Crippen LogP contribution < -0.4 is 0 Å². The van der Waals surface area contributed by atoms with Crippen molar-refractivity contribution in [2.45, 2.75) is 6.23 Å². The summed E-state index contributed by atoms with van der Waals surface area (Å²) < 4.78 is 10.3. The first kappa shape index (κ1) is 11.8. The first-order valence-electron chi connectivity index (χ1n) is 6.04. The second-order valence-electron chi connectivity index (χ2n) is 4.48. The van der Waals surface area contributed by atoms with Gasteiger partial charge in [-0.2, -0.15) is 5.10 Å². The Labute approximate surface area is 111 Å². The minimum Gasteiger partial charge on any atom is -0.463 e. The van der Waals surface area contributed by atoms with Crippen LogP contribution in [0.4, 0.5) is 0 Å². The normalized spacial score (nSPS) is 24.4. The number of fused-ring (bicyclic) bond motifs is 1. The molecule has 0 radical (unpaired) electrons. The van der Waals surface area contributed by atoms with Crippen LogP contribution in [0.5, 0.6) is 0 Å². The zero-order valence-corrected chi connectivity index (χ0v) is 10.7. The van der Waals surface area contributed by atoms with Crippen LogP contribution >= 0.6 is 0 Å². The third-order valence-electron chi connectivity index (χ3n) is 3.29. The molecule has 5 heteroatoms. The van der Waals surface area contributed by atoms with Crippen molar-refractivity contribution in [1.82, 2.24) is 5.01 Å². The standard InChI is InChI=1S/C14H14N2O3/c1-16-13-10(8-11(19-13)14(17)18-2)12(15-16)9-6-4-3-5-7-9/h3-8,10,13H,1-2H3. The highest BCUT2D eigenvalue weighted by molar-refractivity contribution is 6.05. The van der Waals surface area contributed by atoms with Crippen molar-refractivity contribution >= 4 is 11.7 Å². The van der Waals surface area contributed by atoms with Crippen LogP contribution in [0.3, 0.4) is 0 Å². The minimum absolute atomic E-state index is 0.0403. The van der Waals surface area contributed by atoms with E-state index in [1.54, 1.807) is 11.1 Å². The second kappa shape index (κ2) is 4.42. The van der Waals surface area contributed by atoms with E-state index in [-0.39, 0.29) is 17.9 Å². The lowest BCUT2D eigenvalue weighted by atomic mass is 9.97. The van der Waals surface area contributed by atoms with Crippen molar-refractivity contribution in [1.29, 1.82) is 0 Å². The van der Waals surface area contributed by atoms with E-state index in [0.717, 1.165) is 11.3 Å². The van der Waals surface area contributed by atoms with E-state index in [4.69, 9.17) is 4.74 Å². The Morgan fingerprint density at radius 3 is 2.79 bits per heavy atom. The third-order valence-corrected chi connectivity index (χ3v) is 3.29. The zero-order valence-electron chi connectivity index (χ0n) is 10.7. The van der Waals surface area contributed by atoms with Gasteiger partial charge < -0.3 is 9.47 Å². The number of methoxy groups -OCH3 is 1. The van der Waals surface area contributed by atoms with Gasteiger partial charge >= 0.3 is 5.97 Å². The molecule has 0 bridgehead atoms. The van der Waals surface area contributed by atoms with E-state index in [1.165, 1.54) is 7.11 Å². The summed E-state index contributed by atoms with van der Waals surface area (Å²) >= 11 is 0. The summed E-state index contributed by atoms with van der Waals surface area (Å²) in [5, 5.41) is 6.23. The third kappa shape index (κ3) is 1.87. The molecule has 98 valence electrons. The second-order valence-corrected chi connectivity index (χ2v) is 4.48. The van der Waals surface area contributed by atoms with Gasteiger partial charge in [-0.15, -0.1) is 0 Å². The minimum atomic E-state index is -0.449. The SMILES string of the molecule is COC(=O)C1=CC2C(c3ccccc3)=NN(C)C2O1. The smallest absolute Gasteiger partial charge is 0.373 e. The predicted octanol–water partition coefficient (Wildman–Crippen LogP) is 1.37. The highest BCUT2D eigenvalue weighted by Crippen LogP contribution is 2.34. The van der Waals surface area contributed by atoms with E-state index in [1.807, 2.05) is 37.4 Å². The molecule has 2 aliphatic rings. The molecule has 0 aliphatic carbocycles. The number of hydrogen-bond donors (Lipinski definition) is 0.